The summed E-state index contributed by atoms with van der Waals surface area (Å²) in [4.78, 5) is 18.7. The van der Waals surface area contributed by atoms with Gasteiger partial charge in [-0.25, -0.2) is 9.37 Å². The monoisotopic (exact) mass is 263 g/mol. The van der Waals surface area contributed by atoms with Gasteiger partial charge in [-0.3, -0.25) is 4.79 Å². The highest BCUT2D eigenvalue weighted by molar-refractivity contribution is 5.96. The fraction of sp³-hybridized carbons (Fsp3) is 0.231. The van der Waals surface area contributed by atoms with Crippen LogP contribution in [0.2, 0.25) is 0 Å². The van der Waals surface area contributed by atoms with Crippen molar-refractivity contribution in [3.63, 3.8) is 0 Å². The van der Waals surface area contributed by atoms with E-state index in [0.717, 1.165) is 24.0 Å². The molecular weight excluding hydrogens is 249 g/mol. The number of phenols is 1. The number of rotatable bonds is 5. The number of benzene rings is 1. The summed E-state index contributed by atoms with van der Waals surface area (Å²) < 4.78 is 13.0. The van der Waals surface area contributed by atoms with E-state index in [2.05, 4.69) is 15.3 Å². The van der Waals surface area contributed by atoms with E-state index in [4.69, 9.17) is 0 Å². The van der Waals surface area contributed by atoms with E-state index in [1.54, 1.807) is 12.4 Å². The second-order valence-electron chi connectivity index (χ2n) is 4.06. The summed E-state index contributed by atoms with van der Waals surface area (Å²) in [5.74, 6) is -0.428. The highest BCUT2D eigenvalue weighted by atomic mass is 19.1. The summed E-state index contributed by atoms with van der Waals surface area (Å²) >= 11 is 0. The normalized spacial score (nSPS) is 10.4. The molecule has 1 aromatic heterocycles. The molecule has 0 bridgehead atoms. The second kappa shape index (κ2) is 5.99. The van der Waals surface area contributed by atoms with Crippen molar-refractivity contribution in [2.75, 3.05) is 6.54 Å². The maximum atomic E-state index is 13.0. The molecule has 0 aliphatic carbocycles. The Bertz CT molecular complexity index is 555. The Hall–Kier alpha value is -2.37. The molecule has 1 heterocycles. The lowest BCUT2D eigenvalue weighted by atomic mass is 10.2. The number of hydrogen-bond acceptors (Lipinski definition) is 3. The van der Waals surface area contributed by atoms with Crippen LogP contribution >= 0.6 is 0 Å². The number of H-pyrrole nitrogens is 1. The molecule has 0 fully saturated rings. The highest BCUT2D eigenvalue weighted by Crippen LogP contribution is 2.17. The smallest absolute Gasteiger partial charge is 0.255 e. The van der Waals surface area contributed by atoms with Gasteiger partial charge in [0.25, 0.3) is 5.91 Å². The minimum absolute atomic E-state index is 0.0574. The number of aromatic amines is 1. The molecule has 3 N–H and O–H groups in total. The van der Waals surface area contributed by atoms with Crippen molar-refractivity contribution in [1.29, 1.82) is 0 Å². The van der Waals surface area contributed by atoms with Crippen LogP contribution in [0, 0.1) is 5.82 Å². The molecule has 100 valence electrons. The van der Waals surface area contributed by atoms with Gasteiger partial charge in [0, 0.05) is 25.4 Å². The largest absolute Gasteiger partial charge is 0.507 e. The van der Waals surface area contributed by atoms with Crippen LogP contribution in [0.4, 0.5) is 4.39 Å². The number of phenolic OH excluding ortho intramolecular Hbond substituents is 1. The molecule has 0 aliphatic rings. The molecule has 1 aromatic carbocycles. The topological polar surface area (TPSA) is 78.0 Å². The fourth-order valence-electron chi connectivity index (χ4n) is 1.68. The number of aromatic nitrogens is 2. The van der Waals surface area contributed by atoms with Gasteiger partial charge < -0.3 is 15.4 Å². The van der Waals surface area contributed by atoms with E-state index < -0.39 is 11.7 Å². The van der Waals surface area contributed by atoms with E-state index in [9.17, 15) is 14.3 Å². The molecule has 0 radical (unpaired) electrons. The Labute approximate surface area is 109 Å². The third kappa shape index (κ3) is 3.54. The van der Waals surface area contributed by atoms with E-state index in [1.807, 2.05) is 0 Å². The number of aromatic hydroxyl groups is 1. The van der Waals surface area contributed by atoms with Crippen LogP contribution in [-0.4, -0.2) is 27.5 Å². The molecular formula is C13H14FN3O2. The van der Waals surface area contributed by atoms with E-state index in [1.165, 1.54) is 0 Å². The number of carbonyl (C=O) groups is 1. The first-order valence-electron chi connectivity index (χ1n) is 5.92. The summed E-state index contributed by atoms with van der Waals surface area (Å²) in [5.41, 5.74) is -0.0574. The molecule has 19 heavy (non-hydrogen) atoms. The third-order valence-electron chi connectivity index (χ3n) is 2.63. The number of hydrogen-bond donors (Lipinski definition) is 3. The van der Waals surface area contributed by atoms with Crippen LogP contribution in [0.5, 0.6) is 5.75 Å². The third-order valence-corrected chi connectivity index (χ3v) is 2.63. The second-order valence-corrected chi connectivity index (χ2v) is 4.06. The van der Waals surface area contributed by atoms with Crippen molar-refractivity contribution in [1.82, 2.24) is 15.3 Å². The van der Waals surface area contributed by atoms with Gasteiger partial charge in [0.15, 0.2) is 0 Å². The predicted octanol–water partition coefficient (Wildman–Crippen LogP) is 1.62. The van der Waals surface area contributed by atoms with Gasteiger partial charge >= 0.3 is 0 Å². The lowest BCUT2D eigenvalue weighted by Crippen LogP contribution is -2.25. The number of nitrogens with one attached hydrogen (secondary N) is 2. The number of nitrogens with zero attached hydrogens (tertiary/aromatic N) is 1. The Kier molecular flexibility index (Phi) is 4.12. The van der Waals surface area contributed by atoms with Crippen molar-refractivity contribution >= 4 is 5.91 Å². The number of imidazole rings is 1. The van der Waals surface area contributed by atoms with Crippen LogP contribution in [0.3, 0.4) is 0 Å². The van der Waals surface area contributed by atoms with E-state index >= 15 is 0 Å². The molecule has 0 saturated heterocycles. The quantitative estimate of drug-likeness (QED) is 0.717. The molecule has 2 rings (SSSR count). The molecule has 5 nitrogen and oxygen atoms in total. The molecule has 1 amide bonds. The first-order chi connectivity index (χ1) is 9.16. The zero-order valence-electron chi connectivity index (χ0n) is 10.2. The average molecular weight is 263 g/mol. The van der Waals surface area contributed by atoms with Crippen LogP contribution in [0.15, 0.2) is 30.6 Å². The van der Waals surface area contributed by atoms with Gasteiger partial charge in [-0.05, 0) is 24.6 Å². The minimum Gasteiger partial charge on any atom is -0.507 e. The summed E-state index contributed by atoms with van der Waals surface area (Å²) in [6.07, 6.45) is 4.81. The van der Waals surface area contributed by atoms with Crippen molar-refractivity contribution in [2.45, 2.75) is 12.8 Å². The molecule has 0 aliphatic heterocycles. The van der Waals surface area contributed by atoms with Crippen LogP contribution in [0.25, 0.3) is 0 Å². The van der Waals surface area contributed by atoms with Crippen molar-refractivity contribution in [2.24, 2.45) is 0 Å². The van der Waals surface area contributed by atoms with E-state index in [0.29, 0.717) is 19.4 Å². The standard InChI is InChI=1S/C13H14FN3O2/c14-9-3-4-11(18)10(8-9)13(19)17-5-1-2-12-15-6-7-16-12/h3-4,6-8,18H,1-2,5H2,(H,15,16)(H,17,19). The van der Waals surface area contributed by atoms with Crippen LogP contribution < -0.4 is 5.32 Å². The van der Waals surface area contributed by atoms with Gasteiger partial charge in [0.2, 0.25) is 0 Å². The molecule has 2 aromatic rings. The zero-order valence-corrected chi connectivity index (χ0v) is 10.2. The lowest BCUT2D eigenvalue weighted by molar-refractivity contribution is 0.0950. The van der Waals surface area contributed by atoms with Gasteiger partial charge in [0.1, 0.15) is 17.4 Å². The first kappa shape index (κ1) is 13.1. The molecule has 0 unspecified atom stereocenters. The average Bonchev–Trinajstić information content (AvgIpc) is 2.90. The van der Waals surface area contributed by atoms with Crippen molar-refractivity contribution in [3.8, 4) is 5.75 Å². The Morgan fingerprint density at radius 1 is 1.47 bits per heavy atom. The first-order valence-corrected chi connectivity index (χ1v) is 5.92. The molecule has 0 spiro atoms. The summed E-state index contributed by atoms with van der Waals surface area (Å²) in [5, 5.41) is 12.1. The maximum absolute atomic E-state index is 13.0. The number of halogens is 1. The van der Waals surface area contributed by atoms with Gasteiger partial charge in [-0.15, -0.1) is 0 Å². The maximum Gasteiger partial charge on any atom is 0.255 e. The highest BCUT2D eigenvalue weighted by Gasteiger charge is 2.11. The van der Waals surface area contributed by atoms with Gasteiger partial charge in [0.05, 0.1) is 5.56 Å². The molecule has 0 atom stereocenters. The predicted molar refractivity (Wildman–Crippen MR) is 67.3 cm³/mol. The Balaban J connectivity index is 1.82. The Morgan fingerprint density at radius 3 is 3.05 bits per heavy atom. The fourth-order valence-corrected chi connectivity index (χ4v) is 1.68. The molecule has 0 saturated carbocycles. The Morgan fingerprint density at radius 2 is 2.32 bits per heavy atom. The lowest BCUT2D eigenvalue weighted by Gasteiger charge is -2.06. The summed E-state index contributed by atoms with van der Waals surface area (Å²) in [6, 6.07) is 3.27. The van der Waals surface area contributed by atoms with Crippen molar-refractivity contribution in [3.05, 3.63) is 47.8 Å². The molecule has 6 heteroatoms. The minimum atomic E-state index is -0.557. The van der Waals surface area contributed by atoms with Crippen molar-refractivity contribution < 1.29 is 14.3 Å². The van der Waals surface area contributed by atoms with E-state index in [-0.39, 0.29) is 11.3 Å². The van der Waals surface area contributed by atoms with Gasteiger partial charge in [-0.1, -0.05) is 0 Å². The van der Waals surface area contributed by atoms with Crippen LogP contribution in [0.1, 0.15) is 22.6 Å². The SMILES string of the molecule is O=C(NCCCc1ncc[nH]1)c1cc(F)ccc1O. The van der Waals surface area contributed by atoms with Crippen LogP contribution in [-0.2, 0) is 6.42 Å². The zero-order chi connectivity index (χ0) is 13.7. The number of carbonyl (C=O) groups excluding carboxylic acids is 1. The van der Waals surface area contributed by atoms with Gasteiger partial charge in [-0.2, -0.15) is 0 Å². The summed E-state index contributed by atoms with van der Waals surface area (Å²) in [6.45, 7) is 0.426. The summed E-state index contributed by atoms with van der Waals surface area (Å²) in [7, 11) is 0. The number of amides is 1. The number of aryl methyl sites for hydroxylation is 1.